The van der Waals surface area contributed by atoms with Gasteiger partial charge in [-0.05, 0) is 25.7 Å². The highest BCUT2D eigenvalue weighted by molar-refractivity contribution is 5.70. The number of hydrogen-bond donors (Lipinski definition) is 2. The van der Waals surface area contributed by atoms with E-state index in [0.717, 1.165) is 0 Å². The fourth-order valence-electron chi connectivity index (χ4n) is 2.72. The van der Waals surface area contributed by atoms with Gasteiger partial charge < -0.3 is 24.4 Å². The number of aliphatic carboxylic acids is 1. The van der Waals surface area contributed by atoms with Crippen LogP contribution in [0, 0.1) is 5.92 Å². The first-order valence-corrected chi connectivity index (χ1v) is 8.79. The minimum atomic E-state index is -1.38. The Bertz CT molecular complexity index is 450. The van der Waals surface area contributed by atoms with Crippen molar-refractivity contribution in [1.29, 1.82) is 0 Å². The smallest absolute Gasteiger partial charge is 0.306 e. The maximum absolute atomic E-state index is 11.9. The molecule has 0 amide bonds. The van der Waals surface area contributed by atoms with E-state index >= 15 is 0 Å². The number of hydrogen-bond acceptors (Lipinski definition) is 7. The van der Waals surface area contributed by atoms with E-state index in [9.17, 15) is 19.5 Å². The predicted molar refractivity (Wildman–Crippen MR) is 86.5 cm³/mol. The lowest BCUT2D eigenvalue weighted by molar-refractivity contribution is -0.255. The highest BCUT2D eigenvalue weighted by Gasteiger charge is 2.44. The van der Waals surface area contributed by atoms with Gasteiger partial charge in [-0.15, -0.1) is 0 Å². The summed E-state index contributed by atoms with van der Waals surface area (Å²) in [5, 5.41) is 18.8. The number of carbonyl (C=O) groups excluding carboxylic acids is 2. The van der Waals surface area contributed by atoms with Crippen LogP contribution in [0.4, 0.5) is 0 Å². The molecule has 1 fully saturated rings. The first kappa shape index (κ1) is 21.4. The summed E-state index contributed by atoms with van der Waals surface area (Å²) in [6, 6.07) is 0. The average Bonchev–Trinajstić information content (AvgIpc) is 2.53. The van der Waals surface area contributed by atoms with E-state index in [0.29, 0.717) is 25.7 Å². The lowest BCUT2D eigenvalue weighted by atomic mass is 9.90. The number of rotatable bonds is 10. The summed E-state index contributed by atoms with van der Waals surface area (Å²) in [4.78, 5) is 34.4. The summed E-state index contributed by atoms with van der Waals surface area (Å²) in [6.45, 7) is 3.76. The van der Waals surface area contributed by atoms with Gasteiger partial charge in [0.1, 0.15) is 6.10 Å². The first-order chi connectivity index (χ1) is 11.9. The van der Waals surface area contributed by atoms with Crippen LogP contribution in [0.1, 0.15) is 58.8 Å². The molecule has 0 aromatic carbocycles. The molecule has 0 aliphatic carbocycles. The zero-order valence-corrected chi connectivity index (χ0v) is 14.8. The van der Waals surface area contributed by atoms with E-state index < -0.39 is 36.4 Å². The maximum Gasteiger partial charge on any atom is 0.306 e. The molecule has 1 aliphatic rings. The fraction of sp³-hybridized carbons (Fsp3) is 0.824. The molecular formula is C17H28O8. The molecule has 4 atom stereocenters. The molecule has 25 heavy (non-hydrogen) atoms. The lowest BCUT2D eigenvalue weighted by Crippen LogP contribution is -2.54. The zero-order valence-electron chi connectivity index (χ0n) is 14.8. The van der Waals surface area contributed by atoms with Crippen LogP contribution in [-0.4, -0.2) is 53.2 Å². The van der Waals surface area contributed by atoms with Crippen molar-refractivity contribution in [2.24, 2.45) is 5.92 Å². The zero-order chi connectivity index (χ0) is 18.8. The number of carbonyl (C=O) groups is 3. The van der Waals surface area contributed by atoms with Gasteiger partial charge in [-0.2, -0.15) is 0 Å². The van der Waals surface area contributed by atoms with Crippen LogP contribution >= 0.6 is 0 Å². The second-order valence-electron chi connectivity index (χ2n) is 6.18. The molecular weight excluding hydrogens is 332 g/mol. The molecule has 0 spiro atoms. The minimum Gasteiger partial charge on any atom is -0.481 e. The summed E-state index contributed by atoms with van der Waals surface area (Å²) in [5.41, 5.74) is 0. The van der Waals surface area contributed by atoms with Crippen molar-refractivity contribution in [2.45, 2.75) is 77.3 Å². The average molecular weight is 360 g/mol. The molecule has 1 unspecified atom stereocenters. The third kappa shape index (κ3) is 7.39. The maximum atomic E-state index is 11.9. The number of ether oxygens (including phenoxy) is 3. The molecule has 8 nitrogen and oxygen atoms in total. The van der Waals surface area contributed by atoms with Crippen LogP contribution in [-0.2, 0) is 28.6 Å². The number of carboxylic acid groups (broad SMARTS) is 1. The first-order valence-electron chi connectivity index (χ1n) is 8.79. The van der Waals surface area contributed by atoms with E-state index in [1.54, 1.807) is 0 Å². The van der Waals surface area contributed by atoms with Gasteiger partial charge in [0.25, 0.3) is 0 Å². The van der Waals surface area contributed by atoms with E-state index in [1.807, 2.05) is 13.8 Å². The third-order valence-corrected chi connectivity index (χ3v) is 3.96. The Balaban J connectivity index is 2.83. The highest BCUT2D eigenvalue weighted by atomic mass is 16.7. The topological polar surface area (TPSA) is 119 Å². The van der Waals surface area contributed by atoms with Gasteiger partial charge >= 0.3 is 17.9 Å². The van der Waals surface area contributed by atoms with Crippen LogP contribution < -0.4 is 0 Å². The predicted octanol–water partition coefficient (Wildman–Crippen LogP) is 1.63. The Morgan fingerprint density at radius 1 is 1.00 bits per heavy atom. The van der Waals surface area contributed by atoms with Crippen LogP contribution in [0.25, 0.3) is 0 Å². The SMILES string of the molecule is CCCC(=O)O[C@H]1[C@@H](CCCC(=O)O)COC(O)[C@@H]1OC(=O)CCC. The molecule has 144 valence electrons. The van der Waals surface area contributed by atoms with Gasteiger partial charge in [-0.3, -0.25) is 14.4 Å². The molecule has 0 radical (unpaired) electrons. The van der Waals surface area contributed by atoms with Crippen molar-refractivity contribution in [3.63, 3.8) is 0 Å². The fourth-order valence-corrected chi connectivity index (χ4v) is 2.72. The Labute approximate surface area is 147 Å². The molecule has 1 saturated heterocycles. The summed E-state index contributed by atoms with van der Waals surface area (Å²) in [7, 11) is 0. The molecule has 0 bridgehead atoms. The van der Waals surface area contributed by atoms with Crippen molar-refractivity contribution in [3.8, 4) is 0 Å². The largest absolute Gasteiger partial charge is 0.481 e. The van der Waals surface area contributed by atoms with Gasteiger partial charge in [0.05, 0.1) is 6.61 Å². The molecule has 0 aromatic rings. The number of aliphatic hydroxyl groups is 1. The second kappa shape index (κ2) is 11.0. The molecule has 1 rings (SSSR count). The standard InChI is InChI=1S/C17H28O8/c1-3-6-13(20)24-15-11(8-5-9-12(18)19)10-23-17(22)16(15)25-14(21)7-4-2/h11,15-17,22H,3-10H2,1-2H3,(H,18,19)/t11-,15-,16+,17?/m0/s1. The van der Waals surface area contributed by atoms with Crippen molar-refractivity contribution < 1.29 is 38.8 Å². The Kier molecular flexibility index (Phi) is 9.44. The van der Waals surface area contributed by atoms with Gasteiger partial charge in [0.2, 0.25) is 0 Å². The summed E-state index contributed by atoms with van der Waals surface area (Å²) in [5.74, 6) is -2.20. The third-order valence-electron chi connectivity index (χ3n) is 3.96. The second-order valence-corrected chi connectivity index (χ2v) is 6.18. The Morgan fingerprint density at radius 3 is 2.08 bits per heavy atom. The monoisotopic (exact) mass is 360 g/mol. The quantitative estimate of drug-likeness (QED) is 0.564. The number of aliphatic hydroxyl groups excluding tert-OH is 1. The summed E-state index contributed by atoms with van der Waals surface area (Å²) < 4.78 is 16.0. The van der Waals surface area contributed by atoms with Gasteiger partial charge in [-0.25, -0.2) is 0 Å². The van der Waals surface area contributed by atoms with Crippen molar-refractivity contribution >= 4 is 17.9 Å². The Hall–Kier alpha value is -1.67. The van der Waals surface area contributed by atoms with Crippen LogP contribution in [0.2, 0.25) is 0 Å². The van der Waals surface area contributed by atoms with Gasteiger partial charge in [0.15, 0.2) is 12.4 Å². The Morgan fingerprint density at radius 2 is 1.56 bits per heavy atom. The van der Waals surface area contributed by atoms with E-state index in [1.165, 1.54) is 0 Å². The molecule has 1 aliphatic heterocycles. The molecule has 0 aromatic heterocycles. The van der Waals surface area contributed by atoms with E-state index in [4.69, 9.17) is 19.3 Å². The van der Waals surface area contributed by atoms with Crippen molar-refractivity contribution in [1.82, 2.24) is 0 Å². The molecule has 1 heterocycles. The minimum absolute atomic E-state index is 0.0189. The molecule has 8 heteroatoms. The van der Waals surface area contributed by atoms with Crippen LogP contribution in [0.15, 0.2) is 0 Å². The molecule has 0 saturated carbocycles. The van der Waals surface area contributed by atoms with Gasteiger partial charge in [-0.1, -0.05) is 13.8 Å². The van der Waals surface area contributed by atoms with E-state index in [-0.39, 0.29) is 31.8 Å². The summed E-state index contributed by atoms with van der Waals surface area (Å²) in [6.07, 6.45) is -0.972. The van der Waals surface area contributed by atoms with Gasteiger partial charge in [0, 0.05) is 25.2 Å². The number of esters is 2. The van der Waals surface area contributed by atoms with Crippen molar-refractivity contribution in [3.05, 3.63) is 0 Å². The number of carboxylic acids is 1. The van der Waals surface area contributed by atoms with Crippen LogP contribution in [0.3, 0.4) is 0 Å². The van der Waals surface area contributed by atoms with E-state index in [2.05, 4.69) is 0 Å². The molecule has 2 N–H and O–H groups in total. The normalized spacial score (nSPS) is 26.0. The highest BCUT2D eigenvalue weighted by Crippen LogP contribution is 2.29. The summed E-state index contributed by atoms with van der Waals surface area (Å²) >= 11 is 0. The van der Waals surface area contributed by atoms with Crippen LogP contribution in [0.5, 0.6) is 0 Å². The lowest BCUT2D eigenvalue weighted by Gasteiger charge is -2.39. The van der Waals surface area contributed by atoms with Crippen molar-refractivity contribution in [2.75, 3.05) is 6.61 Å².